The van der Waals surface area contributed by atoms with Crippen LogP contribution in [-0.2, 0) is 17.8 Å². The van der Waals surface area contributed by atoms with Crippen LogP contribution in [0.2, 0.25) is 0 Å². The van der Waals surface area contributed by atoms with Gasteiger partial charge in [0, 0.05) is 55.7 Å². The van der Waals surface area contributed by atoms with Crippen LogP contribution in [0.25, 0.3) is 5.52 Å². The smallest absolute Gasteiger partial charge is 0.0896 e. The predicted molar refractivity (Wildman–Crippen MR) is 91.6 cm³/mol. The van der Waals surface area contributed by atoms with Gasteiger partial charge in [-0.25, -0.2) is 4.52 Å². The molecule has 0 aliphatic carbocycles. The fourth-order valence-corrected chi connectivity index (χ4v) is 3.43. The highest BCUT2D eigenvalue weighted by Gasteiger charge is 2.30. The van der Waals surface area contributed by atoms with Crippen LogP contribution in [0, 0.1) is 5.92 Å². The third-order valence-electron chi connectivity index (χ3n) is 4.75. The fourth-order valence-electron chi connectivity index (χ4n) is 3.43. The number of nitrogens with one attached hydrogen (secondary N) is 1. The first-order valence-corrected chi connectivity index (χ1v) is 8.61. The van der Waals surface area contributed by atoms with Crippen molar-refractivity contribution in [3.05, 3.63) is 54.1 Å². The van der Waals surface area contributed by atoms with E-state index in [0.29, 0.717) is 5.92 Å². The molecule has 4 heterocycles. The minimum Gasteiger partial charge on any atom is -0.373 e. The first kappa shape index (κ1) is 15.4. The van der Waals surface area contributed by atoms with Crippen LogP contribution >= 0.6 is 0 Å². The summed E-state index contributed by atoms with van der Waals surface area (Å²) in [5.74, 6) is 0.487. The quantitative estimate of drug-likeness (QED) is 0.756. The van der Waals surface area contributed by atoms with Gasteiger partial charge in [-0.1, -0.05) is 6.07 Å². The van der Waals surface area contributed by atoms with Crippen molar-refractivity contribution in [3.8, 4) is 0 Å². The molecule has 1 saturated heterocycles. The van der Waals surface area contributed by atoms with Crippen molar-refractivity contribution in [2.45, 2.75) is 32.5 Å². The van der Waals surface area contributed by atoms with E-state index < -0.39 is 0 Å². The molecule has 1 aliphatic heterocycles. The van der Waals surface area contributed by atoms with Crippen LogP contribution in [0.3, 0.4) is 0 Å². The molecule has 3 aromatic heterocycles. The van der Waals surface area contributed by atoms with Gasteiger partial charge < -0.3 is 10.1 Å². The second kappa shape index (κ2) is 6.75. The van der Waals surface area contributed by atoms with Gasteiger partial charge in [0.15, 0.2) is 0 Å². The minimum atomic E-state index is 0.154. The van der Waals surface area contributed by atoms with E-state index in [0.717, 1.165) is 38.2 Å². The summed E-state index contributed by atoms with van der Waals surface area (Å²) in [7, 11) is 0. The summed E-state index contributed by atoms with van der Waals surface area (Å²) in [6.07, 6.45) is 9.21. The van der Waals surface area contributed by atoms with Crippen LogP contribution < -0.4 is 5.32 Å². The van der Waals surface area contributed by atoms with Crippen LogP contribution in [0.1, 0.15) is 30.6 Å². The zero-order valence-corrected chi connectivity index (χ0v) is 13.9. The Hall–Kier alpha value is -2.18. The van der Waals surface area contributed by atoms with E-state index in [1.165, 1.54) is 11.1 Å². The number of nitrogens with zero attached hydrogens (tertiary/aromatic N) is 4. The van der Waals surface area contributed by atoms with Crippen molar-refractivity contribution in [3.63, 3.8) is 0 Å². The molecule has 1 fully saturated rings. The number of fused-ring (bicyclic) bond motifs is 1. The molecule has 2 atom stereocenters. The molecule has 6 heteroatoms. The molecule has 126 valence electrons. The lowest BCUT2D eigenvalue weighted by atomic mass is 9.97. The first-order valence-electron chi connectivity index (χ1n) is 8.61. The topological polar surface area (TPSA) is 56.4 Å². The molecular formula is C18H23N5O. The Bertz CT molecular complexity index is 808. The molecule has 0 spiro atoms. The van der Waals surface area contributed by atoms with Crippen molar-refractivity contribution in [1.29, 1.82) is 0 Å². The lowest BCUT2D eigenvalue weighted by Gasteiger charge is -2.17. The van der Waals surface area contributed by atoms with Crippen LogP contribution in [0.4, 0.5) is 0 Å². The monoisotopic (exact) mass is 325 g/mol. The van der Waals surface area contributed by atoms with Crippen LogP contribution in [0.5, 0.6) is 0 Å². The molecule has 6 nitrogen and oxygen atoms in total. The Labute approximate surface area is 141 Å². The normalized spacial score (nSPS) is 20.9. The number of aromatic nitrogens is 4. The van der Waals surface area contributed by atoms with E-state index in [1.54, 1.807) is 0 Å². The van der Waals surface area contributed by atoms with Crippen molar-refractivity contribution in [1.82, 2.24) is 24.7 Å². The maximum Gasteiger partial charge on any atom is 0.0896 e. The Balaban J connectivity index is 1.38. The number of ether oxygens (including phenoxy) is 1. The first-order chi connectivity index (χ1) is 11.8. The molecule has 0 aromatic carbocycles. The third kappa shape index (κ3) is 2.95. The molecule has 0 saturated carbocycles. The maximum atomic E-state index is 5.96. The third-order valence-corrected chi connectivity index (χ3v) is 4.75. The van der Waals surface area contributed by atoms with Crippen molar-refractivity contribution in [2.75, 3.05) is 13.2 Å². The van der Waals surface area contributed by atoms with E-state index >= 15 is 0 Å². The molecule has 0 radical (unpaired) electrons. The van der Waals surface area contributed by atoms with Crippen molar-refractivity contribution in [2.24, 2.45) is 5.92 Å². The molecule has 0 bridgehead atoms. The number of hydrogen-bond donors (Lipinski definition) is 1. The summed E-state index contributed by atoms with van der Waals surface area (Å²) >= 11 is 0. The number of rotatable bonds is 6. The average molecular weight is 325 g/mol. The second-order valence-corrected chi connectivity index (χ2v) is 6.30. The molecule has 1 N–H and O–H groups in total. The van der Waals surface area contributed by atoms with Crippen LogP contribution in [-0.4, -0.2) is 32.5 Å². The van der Waals surface area contributed by atoms with Gasteiger partial charge >= 0.3 is 0 Å². The summed E-state index contributed by atoms with van der Waals surface area (Å²) in [6.45, 7) is 5.58. The Morgan fingerprint density at radius 1 is 1.29 bits per heavy atom. The zero-order chi connectivity index (χ0) is 16.4. The minimum absolute atomic E-state index is 0.154. The molecule has 4 rings (SSSR count). The Morgan fingerprint density at radius 3 is 3.12 bits per heavy atom. The summed E-state index contributed by atoms with van der Waals surface area (Å²) in [5, 5.41) is 12.3. The van der Waals surface area contributed by atoms with E-state index in [2.05, 4.69) is 34.7 Å². The maximum absolute atomic E-state index is 5.96. The molecule has 3 aromatic rings. The zero-order valence-electron chi connectivity index (χ0n) is 13.9. The molecule has 0 unspecified atom stereocenters. The van der Waals surface area contributed by atoms with Gasteiger partial charge in [0.05, 0.1) is 24.0 Å². The average Bonchev–Trinajstić information content (AvgIpc) is 3.34. The largest absolute Gasteiger partial charge is 0.373 e. The van der Waals surface area contributed by atoms with E-state index in [4.69, 9.17) is 4.74 Å². The SMILES string of the molecule is CCn1cc([C@@H]2OCC[C@@H]2CNCc2cnn3ccccc23)cn1. The Morgan fingerprint density at radius 2 is 2.25 bits per heavy atom. The highest BCUT2D eigenvalue weighted by Crippen LogP contribution is 2.33. The fraction of sp³-hybridized carbons (Fsp3) is 0.444. The lowest BCUT2D eigenvalue weighted by Crippen LogP contribution is -2.24. The molecule has 1 aliphatic rings. The highest BCUT2D eigenvalue weighted by molar-refractivity contribution is 5.53. The van der Waals surface area contributed by atoms with Gasteiger partial charge in [0.25, 0.3) is 0 Å². The summed E-state index contributed by atoms with van der Waals surface area (Å²) in [5.41, 5.74) is 3.58. The summed E-state index contributed by atoms with van der Waals surface area (Å²) in [4.78, 5) is 0. The Kier molecular flexibility index (Phi) is 4.32. The molecule has 0 amide bonds. The van der Waals surface area contributed by atoms with E-state index in [-0.39, 0.29) is 6.10 Å². The van der Waals surface area contributed by atoms with Gasteiger partial charge in [0.1, 0.15) is 0 Å². The van der Waals surface area contributed by atoms with Gasteiger partial charge in [-0.2, -0.15) is 10.2 Å². The second-order valence-electron chi connectivity index (χ2n) is 6.30. The standard InChI is InChI=1S/C18H23N5O/c1-2-22-13-16(12-20-22)18-14(6-8-24-18)9-19-10-15-11-21-23-7-4-3-5-17(15)23/h3-5,7,11-14,18-19H,2,6,8-10H2,1H3/t14-,18-/m1/s1. The predicted octanol–water partition coefficient (Wildman–Crippen LogP) is 2.42. The van der Waals surface area contributed by atoms with Gasteiger partial charge in [-0.05, 0) is 25.5 Å². The van der Waals surface area contributed by atoms with Gasteiger partial charge in [-0.3, -0.25) is 4.68 Å². The van der Waals surface area contributed by atoms with Gasteiger partial charge in [0.2, 0.25) is 0 Å². The van der Waals surface area contributed by atoms with Crippen molar-refractivity contribution >= 4 is 5.52 Å². The summed E-state index contributed by atoms with van der Waals surface area (Å²) in [6, 6.07) is 6.14. The number of aryl methyl sites for hydroxylation is 1. The molecule has 24 heavy (non-hydrogen) atoms. The van der Waals surface area contributed by atoms with Gasteiger partial charge in [-0.15, -0.1) is 0 Å². The highest BCUT2D eigenvalue weighted by atomic mass is 16.5. The van der Waals surface area contributed by atoms with Crippen molar-refractivity contribution < 1.29 is 4.74 Å². The lowest BCUT2D eigenvalue weighted by molar-refractivity contribution is 0.0904. The number of pyridine rings is 1. The number of hydrogen-bond acceptors (Lipinski definition) is 4. The van der Waals surface area contributed by atoms with E-state index in [1.807, 2.05) is 39.9 Å². The van der Waals surface area contributed by atoms with Crippen LogP contribution in [0.15, 0.2) is 43.0 Å². The molecular weight excluding hydrogens is 302 g/mol. The van der Waals surface area contributed by atoms with E-state index in [9.17, 15) is 0 Å². The summed E-state index contributed by atoms with van der Waals surface area (Å²) < 4.78 is 9.83.